The molecule has 1 atom stereocenters. The van der Waals surface area contributed by atoms with E-state index >= 15 is 0 Å². The maximum absolute atomic E-state index is 14.2. The van der Waals surface area contributed by atoms with Crippen LogP contribution in [0.15, 0.2) is 53.9 Å². The van der Waals surface area contributed by atoms with Gasteiger partial charge in [-0.05, 0) is 48.2 Å². The van der Waals surface area contributed by atoms with Gasteiger partial charge in [0.2, 0.25) is 11.8 Å². The van der Waals surface area contributed by atoms with Crippen LogP contribution in [0.2, 0.25) is 0 Å². The van der Waals surface area contributed by atoms with E-state index < -0.39 is 5.82 Å². The van der Waals surface area contributed by atoms with E-state index in [2.05, 4.69) is 10.3 Å². The number of hydrogen-bond donors (Lipinski definition) is 2. The number of phenols is 1. The molecule has 1 heterocycles. The standard InChI is InChI=1S/C23H20FN3O3S/c1-14(28)27(20-7-3-2-6-18(20)24)23-25-15(13-31-23)9-12-22(30)26-19-11-10-17-16(19)5-4-8-21(17)29/h2-9,12-13,19,29H,10-11H2,1H3,(H,26,30). The van der Waals surface area contributed by atoms with Crippen LogP contribution in [0.1, 0.15) is 36.2 Å². The fraction of sp³-hybridized carbons (Fsp3) is 0.174. The third-order valence-electron chi connectivity index (χ3n) is 5.08. The Morgan fingerprint density at radius 3 is 2.84 bits per heavy atom. The number of aromatic nitrogens is 1. The third kappa shape index (κ3) is 4.34. The number of aromatic hydroxyl groups is 1. The summed E-state index contributed by atoms with van der Waals surface area (Å²) >= 11 is 1.18. The lowest BCUT2D eigenvalue weighted by Gasteiger charge is -2.18. The van der Waals surface area contributed by atoms with Crippen LogP contribution in [-0.4, -0.2) is 21.9 Å². The number of fused-ring (bicyclic) bond motifs is 1. The summed E-state index contributed by atoms with van der Waals surface area (Å²) in [5.41, 5.74) is 2.42. The quantitative estimate of drug-likeness (QED) is 0.576. The van der Waals surface area contributed by atoms with Gasteiger partial charge >= 0.3 is 0 Å². The van der Waals surface area contributed by atoms with E-state index in [1.807, 2.05) is 6.07 Å². The molecule has 1 aromatic heterocycles. The first-order chi connectivity index (χ1) is 14.9. The highest BCUT2D eigenvalue weighted by Crippen LogP contribution is 2.36. The second-order valence-corrected chi connectivity index (χ2v) is 7.98. The summed E-state index contributed by atoms with van der Waals surface area (Å²) in [6.45, 7) is 1.34. The maximum atomic E-state index is 14.2. The number of benzene rings is 2. The number of para-hydroxylation sites is 1. The first-order valence-corrected chi connectivity index (χ1v) is 10.6. The first kappa shape index (κ1) is 20.7. The number of halogens is 1. The fourth-order valence-electron chi connectivity index (χ4n) is 3.66. The van der Waals surface area contributed by atoms with Gasteiger partial charge in [-0.25, -0.2) is 9.37 Å². The predicted octanol–water partition coefficient (Wildman–Crippen LogP) is 4.49. The van der Waals surface area contributed by atoms with Crippen LogP contribution < -0.4 is 10.2 Å². The van der Waals surface area contributed by atoms with Gasteiger partial charge in [-0.3, -0.25) is 14.5 Å². The van der Waals surface area contributed by atoms with Gasteiger partial charge in [0.25, 0.3) is 0 Å². The highest BCUT2D eigenvalue weighted by molar-refractivity contribution is 7.14. The molecular weight excluding hydrogens is 417 g/mol. The molecule has 8 heteroatoms. The number of rotatable bonds is 5. The molecule has 6 nitrogen and oxygen atoms in total. The fourth-order valence-corrected chi connectivity index (χ4v) is 4.51. The van der Waals surface area contributed by atoms with Crippen molar-refractivity contribution in [2.45, 2.75) is 25.8 Å². The molecule has 1 aliphatic rings. The molecule has 0 spiro atoms. The Balaban J connectivity index is 1.46. The van der Waals surface area contributed by atoms with E-state index in [9.17, 15) is 19.1 Å². The molecule has 31 heavy (non-hydrogen) atoms. The molecule has 0 bridgehead atoms. The number of carbonyl (C=O) groups is 2. The number of hydrogen-bond acceptors (Lipinski definition) is 5. The summed E-state index contributed by atoms with van der Waals surface area (Å²) in [5.74, 6) is -0.916. The van der Waals surface area contributed by atoms with Gasteiger partial charge < -0.3 is 10.4 Å². The lowest BCUT2D eigenvalue weighted by Crippen LogP contribution is -2.25. The summed E-state index contributed by atoms with van der Waals surface area (Å²) in [4.78, 5) is 30.1. The van der Waals surface area contributed by atoms with Gasteiger partial charge in [0.15, 0.2) is 5.13 Å². The monoisotopic (exact) mass is 437 g/mol. The van der Waals surface area contributed by atoms with Gasteiger partial charge in [0, 0.05) is 18.4 Å². The molecule has 1 aliphatic carbocycles. The molecule has 2 N–H and O–H groups in total. The Kier molecular flexibility index (Phi) is 5.81. The van der Waals surface area contributed by atoms with Crippen LogP contribution in [-0.2, 0) is 16.0 Å². The lowest BCUT2D eigenvalue weighted by molar-refractivity contribution is -0.117. The van der Waals surface area contributed by atoms with E-state index in [1.54, 1.807) is 35.7 Å². The zero-order chi connectivity index (χ0) is 22.0. The number of anilines is 2. The first-order valence-electron chi connectivity index (χ1n) is 9.74. The van der Waals surface area contributed by atoms with Crippen molar-refractivity contribution in [3.8, 4) is 5.75 Å². The Bertz CT molecular complexity index is 1170. The van der Waals surface area contributed by atoms with Gasteiger partial charge in [0.1, 0.15) is 11.6 Å². The number of nitrogens with zero attached hydrogens (tertiary/aromatic N) is 2. The molecule has 1 unspecified atom stereocenters. The Morgan fingerprint density at radius 1 is 1.26 bits per heavy atom. The van der Waals surface area contributed by atoms with Crippen molar-refractivity contribution in [3.63, 3.8) is 0 Å². The minimum Gasteiger partial charge on any atom is -0.508 e. The van der Waals surface area contributed by atoms with Crippen LogP contribution in [0.25, 0.3) is 6.08 Å². The average molecular weight is 437 g/mol. The Hall–Kier alpha value is -3.52. The topological polar surface area (TPSA) is 82.5 Å². The SMILES string of the molecule is CC(=O)N(c1nc(C=CC(=O)NC2CCc3c(O)cccc32)cs1)c1ccccc1F. The summed E-state index contributed by atoms with van der Waals surface area (Å²) < 4.78 is 14.2. The lowest BCUT2D eigenvalue weighted by atomic mass is 10.1. The van der Waals surface area contributed by atoms with Crippen molar-refractivity contribution in [2.24, 2.45) is 0 Å². The zero-order valence-corrected chi connectivity index (χ0v) is 17.5. The Labute approximate surface area is 182 Å². The van der Waals surface area contributed by atoms with Crippen molar-refractivity contribution in [3.05, 3.63) is 76.6 Å². The van der Waals surface area contributed by atoms with E-state index in [1.165, 1.54) is 41.4 Å². The molecule has 0 fully saturated rings. The Morgan fingerprint density at radius 2 is 2.06 bits per heavy atom. The van der Waals surface area contributed by atoms with Gasteiger partial charge in [-0.15, -0.1) is 11.3 Å². The maximum Gasteiger partial charge on any atom is 0.244 e. The van der Waals surface area contributed by atoms with Crippen molar-refractivity contribution in [1.29, 1.82) is 0 Å². The highest BCUT2D eigenvalue weighted by Gasteiger charge is 2.25. The molecule has 2 amide bonds. The summed E-state index contributed by atoms with van der Waals surface area (Å²) in [6, 6.07) is 11.2. The number of phenolic OH excluding ortho intramolecular Hbond substituents is 1. The second-order valence-electron chi connectivity index (χ2n) is 7.14. The van der Waals surface area contributed by atoms with E-state index in [0.29, 0.717) is 17.2 Å². The normalized spacial score (nSPS) is 15.1. The van der Waals surface area contributed by atoms with Crippen LogP contribution >= 0.6 is 11.3 Å². The summed E-state index contributed by atoms with van der Waals surface area (Å²) in [7, 11) is 0. The van der Waals surface area contributed by atoms with E-state index in [0.717, 1.165) is 17.5 Å². The van der Waals surface area contributed by atoms with E-state index in [-0.39, 0.29) is 29.3 Å². The molecule has 4 rings (SSSR count). The van der Waals surface area contributed by atoms with Gasteiger partial charge in [-0.2, -0.15) is 0 Å². The third-order valence-corrected chi connectivity index (χ3v) is 5.92. The second kappa shape index (κ2) is 8.69. The van der Waals surface area contributed by atoms with E-state index in [4.69, 9.17) is 0 Å². The van der Waals surface area contributed by atoms with Crippen LogP contribution in [0.5, 0.6) is 5.75 Å². The van der Waals surface area contributed by atoms with Crippen LogP contribution in [0.4, 0.5) is 15.2 Å². The molecule has 158 valence electrons. The van der Waals surface area contributed by atoms with Crippen molar-refractivity contribution in [2.75, 3.05) is 4.90 Å². The smallest absolute Gasteiger partial charge is 0.244 e. The number of nitrogens with one attached hydrogen (secondary N) is 1. The predicted molar refractivity (Wildman–Crippen MR) is 118 cm³/mol. The van der Waals surface area contributed by atoms with Gasteiger partial charge in [-0.1, -0.05) is 24.3 Å². The molecule has 0 radical (unpaired) electrons. The minimum absolute atomic E-state index is 0.126. The molecule has 2 aromatic carbocycles. The number of carbonyl (C=O) groups excluding carboxylic acids is 2. The average Bonchev–Trinajstić information content (AvgIpc) is 3.36. The minimum atomic E-state index is -0.521. The zero-order valence-electron chi connectivity index (χ0n) is 16.7. The number of amides is 2. The highest BCUT2D eigenvalue weighted by atomic mass is 32.1. The number of thiazole rings is 1. The van der Waals surface area contributed by atoms with Crippen LogP contribution in [0.3, 0.4) is 0 Å². The molecule has 0 saturated heterocycles. The van der Waals surface area contributed by atoms with Gasteiger partial charge in [0.05, 0.1) is 17.4 Å². The molecule has 0 aliphatic heterocycles. The van der Waals surface area contributed by atoms with Crippen molar-refractivity contribution >= 4 is 40.0 Å². The molecule has 0 saturated carbocycles. The van der Waals surface area contributed by atoms with Crippen LogP contribution in [0, 0.1) is 5.82 Å². The molecule has 3 aromatic rings. The summed E-state index contributed by atoms with van der Waals surface area (Å²) in [5, 5.41) is 14.9. The summed E-state index contributed by atoms with van der Waals surface area (Å²) in [6.07, 6.45) is 4.36. The van der Waals surface area contributed by atoms with Crippen molar-refractivity contribution in [1.82, 2.24) is 10.3 Å². The molecular formula is C23H20FN3O3S. The largest absolute Gasteiger partial charge is 0.508 e. The van der Waals surface area contributed by atoms with Crippen molar-refractivity contribution < 1.29 is 19.1 Å².